The van der Waals surface area contributed by atoms with Crippen LogP contribution < -0.4 is 4.74 Å². The molecule has 0 aliphatic rings. The molecule has 0 aromatic heterocycles. The third-order valence-corrected chi connectivity index (χ3v) is 2.14. The zero-order valence-electron chi connectivity index (χ0n) is 9.40. The fourth-order valence-electron chi connectivity index (χ4n) is 1.18. The van der Waals surface area contributed by atoms with E-state index in [1.807, 2.05) is 18.2 Å². The van der Waals surface area contributed by atoms with Gasteiger partial charge in [-0.3, -0.25) is 0 Å². The summed E-state index contributed by atoms with van der Waals surface area (Å²) in [7, 11) is 0. The van der Waals surface area contributed by atoms with Gasteiger partial charge in [-0.15, -0.1) is 0 Å². The van der Waals surface area contributed by atoms with E-state index in [-0.39, 0.29) is 0 Å². The van der Waals surface area contributed by atoms with Crippen LogP contribution in [0.3, 0.4) is 0 Å². The molecular formula is C12H17NO2. The number of nitrogens with zero attached hydrogens (tertiary/aromatic N) is 1. The Balaban J connectivity index is 2.66. The van der Waals surface area contributed by atoms with E-state index >= 15 is 0 Å². The lowest BCUT2D eigenvalue weighted by Gasteiger charge is -2.09. The van der Waals surface area contributed by atoms with Crippen LogP contribution in [0, 0.1) is 0 Å². The van der Waals surface area contributed by atoms with Crippen molar-refractivity contribution >= 4 is 5.71 Å². The first-order chi connectivity index (χ1) is 7.13. The summed E-state index contributed by atoms with van der Waals surface area (Å²) in [5, 5.41) is 11.5. The molecule has 0 radical (unpaired) electrons. The fraction of sp³-hybridized carbons (Fsp3) is 0.417. The largest absolute Gasteiger partial charge is 0.488 e. The van der Waals surface area contributed by atoms with Crippen molar-refractivity contribution in [3.63, 3.8) is 0 Å². The molecule has 1 aromatic rings. The molecule has 0 aliphatic heterocycles. The fourth-order valence-corrected chi connectivity index (χ4v) is 1.18. The number of hydrogen-bond donors (Lipinski definition) is 1. The average molecular weight is 207 g/mol. The SMILES string of the molecule is CC(COc1cccc(C(C)C)c1)=NO. The van der Waals surface area contributed by atoms with Crippen LogP contribution >= 0.6 is 0 Å². The van der Waals surface area contributed by atoms with Gasteiger partial charge >= 0.3 is 0 Å². The summed E-state index contributed by atoms with van der Waals surface area (Å²) in [5.41, 5.74) is 1.80. The van der Waals surface area contributed by atoms with Gasteiger partial charge in [0.1, 0.15) is 12.4 Å². The van der Waals surface area contributed by atoms with E-state index in [2.05, 4.69) is 25.1 Å². The number of ether oxygens (including phenoxy) is 1. The molecule has 0 heterocycles. The molecular weight excluding hydrogens is 190 g/mol. The topological polar surface area (TPSA) is 41.8 Å². The molecule has 0 atom stereocenters. The van der Waals surface area contributed by atoms with Crippen LogP contribution in [-0.2, 0) is 0 Å². The second-order valence-electron chi connectivity index (χ2n) is 3.85. The highest BCUT2D eigenvalue weighted by atomic mass is 16.5. The van der Waals surface area contributed by atoms with Gasteiger partial charge in [0.05, 0.1) is 5.71 Å². The Morgan fingerprint density at radius 2 is 2.20 bits per heavy atom. The molecule has 82 valence electrons. The van der Waals surface area contributed by atoms with Crippen molar-refractivity contribution in [1.29, 1.82) is 0 Å². The standard InChI is InChI=1S/C12H17NO2/c1-9(2)11-5-4-6-12(7-11)15-8-10(3)13-14/h4-7,9,14H,8H2,1-3H3. The number of oxime groups is 1. The predicted molar refractivity (Wildman–Crippen MR) is 60.9 cm³/mol. The summed E-state index contributed by atoms with van der Waals surface area (Å²) >= 11 is 0. The molecule has 1 aromatic carbocycles. The van der Waals surface area contributed by atoms with Gasteiger partial charge in [-0.1, -0.05) is 31.1 Å². The highest BCUT2D eigenvalue weighted by Crippen LogP contribution is 2.19. The molecule has 0 fully saturated rings. The van der Waals surface area contributed by atoms with Gasteiger partial charge in [0.2, 0.25) is 0 Å². The van der Waals surface area contributed by atoms with Gasteiger partial charge in [0.25, 0.3) is 0 Å². The highest BCUT2D eigenvalue weighted by Gasteiger charge is 2.01. The minimum Gasteiger partial charge on any atom is -0.488 e. The third-order valence-electron chi connectivity index (χ3n) is 2.14. The van der Waals surface area contributed by atoms with Gasteiger partial charge in [-0.25, -0.2) is 0 Å². The quantitative estimate of drug-likeness (QED) is 0.468. The molecule has 1 rings (SSSR count). The highest BCUT2D eigenvalue weighted by molar-refractivity contribution is 5.82. The van der Waals surface area contributed by atoms with Crippen LogP contribution in [0.25, 0.3) is 0 Å². The van der Waals surface area contributed by atoms with Crippen molar-refractivity contribution in [2.45, 2.75) is 26.7 Å². The first kappa shape index (κ1) is 11.6. The van der Waals surface area contributed by atoms with Gasteiger partial charge < -0.3 is 9.94 Å². The molecule has 0 aliphatic carbocycles. The second-order valence-corrected chi connectivity index (χ2v) is 3.85. The molecule has 0 amide bonds. The lowest BCUT2D eigenvalue weighted by Crippen LogP contribution is -2.07. The molecule has 15 heavy (non-hydrogen) atoms. The van der Waals surface area contributed by atoms with Gasteiger partial charge in [-0.2, -0.15) is 0 Å². The Labute approximate surface area is 90.4 Å². The van der Waals surface area contributed by atoms with Crippen LogP contribution in [0.1, 0.15) is 32.3 Å². The van der Waals surface area contributed by atoms with E-state index in [0.29, 0.717) is 18.2 Å². The van der Waals surface area contributed by atoms with Crippen LogP contribution in [0.15, 0.2) is 29.4 Å². The molecule has 0 bridgehead atoms. The van der Waals surface area contributed by atoms with E-state index in [0.717, 1.165) is 5.75 Å². The Hall–Kier alpha value is -1.51. The van der Waals surface area contributed by atoms with Gasteiger partial charge in [-0.05, 0) is 30.5 Å². The Morgan fingerprint density at radius 1 is 1.47 bits per heavy atom. The molecule has 0 saturated heterocycles. The van der Waals surface area contributed by atoms with Crippen LogP contribution in [0.4, 0.5) is 0 Å². The number of rotatable bonds is 4. The van der Waals surface area contributed by atoms with Crippen LogP contribution in [0.5, 0.6) is 5.75 Å². The van der Waals surface area contributed by atoms with E-state index in [4.69, 9.17) is 9.94 Å². The molecule has 1 N–H and O–H groups in total. The van der Waals surface area contributed by atoms with Crippen molar-refractivity contribution in [1.82, 2.24) is 0 Å². The van der Waals surface area contributed by atoms with Crippen molar-refractivity contribution in [2.75, 3.05) is 6.61 Å². The summed E-state index contributed by atoms with van der Waals surface area (Å²) in [4.78, 5) is 0. The summed E-state index contributed by atoms with van der Waals surface area (Å²) in [6, 6.07) is 7.95. The van der Waals surface area contributed by atoms with Crippen molar-refractivity contribution in [3.05, 3.63) is 29.8 Å². The van der Waals surface area contributed by atoms with E-state index < -0.39 is 0 Å². The average Bonchev–Trinajstić information content (AvgIpc) is 2.26. The first-order valence-electron chi connectivity index (χ1n) is 5.03. The summed E-state index contributed by atoms with van der Waals surface area (Å²) in [5.74, 6) is 1.30. The van der Waals surface area contributed by atoms with Crippen molar-refractivity contribution in [2.24, 2.45) is 5.16 Å². The Kier molecular flexibility index (Phi) is 4.16. The molecule has 0 unspecified atom stereocenters. The second kappa shape index (κ2) is 5.39. The summed E-state index contributed by atoms with van der Waals surface area (Å²) in [6.45, 7) is 6.31. The van der Waals surface area contributed by atoms with Crippen molar-refractivity contribution in [3.8, 4) is 5.75 Å². The normalized spacial score (nSPS) is 11.9. The van der Waals surface area contributed by atoms with E-state index in [9.17, 15) is 0 Å². The van der Waals surface area contributed by atoms with Crippen molar-refractivity contribution < 1.29 is 9.94 Å². The number of benzene rings is 1. The smallest absolute Gasteiger partial charge is 0.129 e. The van der Waals surface area contributed by atoms with E-state index in [1.165, 1.54) is 5.56 Å². The zero-order chi connectivity index (χ0) is 11.3. The predicted octanol–water partition coefficient (Wildman–Crippen LogP) is 3.04. The molecule has 3 nitrogen and oxygen atoms in total. The van der Waals surface area contributed by atoms with E-state index in [1.54, 1.807) is 6.92 Å². The maximum absolute atomic E-state index is 8.46. The summed E-state index contributed by atoms with van der Waals surface area (Å²) < 4.78 is 5.46. The first-order valence-corrected chi connectivity index (χ1v) is 5.03. The molecule has 0 spiro atoms. The Bertz CT molecular complexity index is 345. The van der Waals surface area contributed by atoms with Gasteiger partial charge in [0.15, 0.2) is 0 Å². The lowest BCUT2D eigenvalue weighted by molar-refractivity contribution is 0.307. The Morgan fingerprint density at radius 3 is 2.80 bits per heavy atom. The number of hydrogen-bond acceptors (Lipinski definition) is 3. The third kappa shape index (κ3) is 3.62. The zero-order valence-corrected chi connectivity index (χ0v) is 9.40. The summed E-state index contributed by atoms with van der Waals surface area (Å²) in [6.07, 6.45) is 0. The maximum atomic E-state index is 8.46. The molecule has 3 heteroatoms. The monoisotopic (exact) mass is 207 g/mol. The van der Waals surface area contributed by atoms with Crippen LogP contribution in [0.2, 0.25) is 0 Å². The van der Waals surface area contributed by atoms with Gasteiger partial charge in [0, 0.05) is 0 Å². The lowest BCUT2D eigenvalue weighted by atomic mass is 10.0. The maximum Gasteiger partial charge on any atom is 0.129 e. The minimum atomic E-state index is 0.318. The van der Waals surface area contributed by atoms with Crippen LogP contribution in [-0.4, -0.2) is 17.5 Å². The molecule has 0 saturated carbocycles. The minimum absolute atomic E-state index is 0.318.